The molecule has 4 heteroatoms. The van der Waals surface area contributed by atoms with Gasteiger partial charge in [0.15, 0.2) is 0 Å². The van der Waals surface area contributed by atoms with Gasteiger partial charge in [0.2, 0.25) is 5.91 Å². The second kappa shape index (κ2) is 5.48. The molecule has 0 aromatic carbocycles. The van der Waals surface area contributed by atoms with E-state index in [1.165, 1.54) is 32.1 Å². The van der Waals surface area contributed by atoms with Crippen LogP contribution in [0, 0.1) is 5.92 Å². The first-order valence-corrected chi connectivity index (χ1v) is 8.95. The molecule has 22 heavy (non-hydrogen) atoms. The van der Waals surface area contributed by atoms with Crippen molar-refractivity contribution in [2.24, 2.45) is 5.92 Å². The van der Waals surface area contributed by atoms with E-state index in [-0.39, 0.29) is 23.2 Å². The van der Waals surface area contributed by atoms with Crippen molar-refractivity contribution >= 4 is 5.91 Å². The molecule has 0 aromatic rings. The summed E-state index contributed by atoms with van der Waals surface area (Å²) in [5.74, 6) is 0.787. The Balaban J connectivity index is 1.80. The van der Waals surface area contributed by atoms with Crippen LogP contribution in [0.25, 0.3) is 0 Å². The summed E-state index contributed by atoms with van der Waals surface area (Å²) in [4.78, 5) is 20.7. The maximum absolute atomic E-state index is 12.1. The molecular weight excluding hydrogens is 276 g/mol. The van der Waals surface area contributed by atoms with Crippen LogP contribution in [0.3, 0.4) is 0 Å². The largest absolute Gasteiger partial charge is 0.340 e. The number of hydrogen-bond acceptors (Lipinski definition) is 3. The Bertz CT molecular complexity index is 430. The van der Waals surface area contributed by atoms with Gasteiger partial charge in [-0.15, -0.1) is 0 Å². The predicted molar refractivity (Wildman–Crippen MR) is 87.2 cm³/mol. The minimum absolute atomic E-state index is 0.0654. The highest BCUT2D eigenvalue weighted by molar-refractivity contribution is 5.79. The molecule has 0 bridgehead atoms. The molecule has 126 valence electrons. The molecule has 0 N–H and O–H groups in total. The molecule has 3 rings (SSSR count). The van der Waals surface area contributed by atoms with Crippen LogP contribution in [0.4, 0.5) is 0 Å². The fourth-order valence-corrected chi connectivity index (χ4v) is 5.06. The van der Waals surface area contributed by atoms with Gasteiger partial charge < -0.3 is 4.90 Å². The molecule has 3 unspecified atom stereocenters. The molecule has 3 atom stereocenters. The van der Waals surface area contributed by atoms with Crippen LogP contribution in [-0.2, 0) is 9.63 Å². The summed E-state index contributed by atoms with van der Waals surface area (Å²) in [6.45, 7) is 9.16. The standard InChI is InChI=1S/C18H32N2O2/c1-17(2)10-7-11-18(3,4)20(17)22-14-9-6-8-13-12-15(21)19(5)16(13)14/h13-14,16H,6-12H2,1-5H3. The van der Waals surface area contributed by atoms with Crippen molar-refractivity contribution in [1.29, 1.82) is 0 Å². The molecule has 0 spiro atoms. The molecule has 1 amide bonds. The Morgan fingerprint density at radius 3 is 2.32 bits per heavy atom. The summed E-state index contributed by atoms with van der Waals surface area (Å²) in [7, 11) is 1.96. The van der Waals surface area contributed by atoms with Gasteiger partial charge in [-0.25, -0.2) is 0 Å². The number of likely N-dealkylation sites (N-methyl/N-ethyl adjacent to an activating group) is 1. The van der Waals surface area contributed by atoms with E-state index in [1.54, 1.807) is 0 Å². The summed E-state index contributed by atoms with van der Waals surface area (Å²) < 4.78 is 0. The van der Waals surface area contributed by atoms with Crippen molar-refractivity contribution in [1.82, 2.24) is 9.96 Å². The second-order valence-electron chi connectivity index (χ2n) is 8.81. The van der Waals surface area contributed by atoms with Gasteiger partial charge in [-0.3, -0.25) is 9.63 Å². The Hall–Kier alpha value is -0.610. The van der Waals surface area contributed by atoms with Crippen molar-refractivity contribution in [3.05, 3.63) is 0 Å². The van der Waals surface area contributed by atoms with Gasteiger partial charge in [-0.1, -0.05) is 6.42 Å². The van der Waals surface area contributed by atoms with Gasteiger partial charge in [0.05, 0.1) is 12.1 Å². The molecule has 2 aliphatic heterocycles. The average Bonchev–Trinajstić information content (AvgIpc) is 2.70. The highest BCUT2D eigenvalue weighted by Gasteiger charge is 2.49. The first-order chi connectivity index (χ1) is 10.2. The van der Waals surface area contributed by atoms with Crippen molar-refractivity contribution in [3.63, 3.8) is 0 Å². The SMILES string of the molecule is CN1C(=O)CC2CCCC(ON3C(C)(C)CCCC3(C)C)C21. The van der Waals surface area contributed by atoms with Gasteiger partial charge in [0.1, 0.15) is 0 Å². The van der Waals surface area contributed by atoms with E-state index in [1.807, 2.05) is 11.9 Å². The van der Waals surface area contributed by atoms with Crippen LogP contribution in [0.2, 0.25) is 0 Å². The third kappa shape index (κ3) is 2.69. The van der Waals surface area contributed by atoms with Gasteiger partial charge in [-0.05, 0) is 65.7 Å². The lowest BCUT2D eigenvalue weighted by molar-refractivity contribution is -0.316. The molecule has 3 fully saturated rings. The minimum atomic E-state index is 0.0654. The highest BCUT2D eigenvalue weighted by atomic mass is 16.7. The Morgan fingerprint density at radius 2 is 1.68 bits per heavy atom. The van der Waals surface area contributed by atoms with Crippen LogP contribution in [0.15, 0.2) is 0 Å². The highest BCUT2D eigenvalue weighted by Crippen LogP contribution is 2.43. The van der Waals surface area contributed by atoms with Crippen LogP contribution < -0.4 is 0 Å². The topological polar surface area (TPSA) is 32.8 Å². The third-order valence-corrected chi connectivity index (χ3v) is 6.12. The van der Waals surface area contributed by atoms with Crippen LogP contribution in [-0.4, -0.2) is 46.1 Å². The fraction of sp³-hybridized carbons (Fsp3) is 0.944. The summed E-state index contributed by atoms with van der Waals surface area (Å²) in [5, 5.41) is 2.27. The predicted octanol–water partition coefficient (Wildman–Crippen LogP) is 3.36. The molecule has 2 heterocycles. The lowest BCUT2D eigenvalue weighted by Crippen LogP contribution is -2.61. The Morgan fingerprint density at radius 1 is 1.05 bits per heavy atom. The second-order valence-corrected chi connectivity index (χ2v) is 8.81. The number of amides is 1. The molecule has 1 aliphatic carbocycles. The molecule has 3 aliphatic rings. The summed E-state index contributed by atoms with van der Waals surface area (Å²) >= 11 is 0. The molecule has 0 aromatic heterocycles. The number of rotatable bonds is 2. The van der Waals surface area contributed by atoms with E-state index in [4.69, 9.17) is 4.84 Å². The fourth-order valence-electron chi connectivity index (χ4n) is 5.06. The molecule has 1 saturated carbocycles. The van der Waals surface area contributed by atoms with Crippen molar-refractivity contribution < 1.29 is 9.63 Å². The number of fused-ring (bicyclic) bond motifs is 1. The van der Waals surface area contributed by atoms with Crippen molar-refractivity contribution in [3.8, 4) is 0 Å². The smallest absolute Gasteiger partial charge is 0.223 e. The van der Waals surface area contributed by atoms with E-state index in [9.17, 15) is 4.79 Å². The van der Waals surface area contributed by atoms with Crippen LogP contribution in [0.1, 0.15) is 72.6 Å². The number of hydroxylamine groups is 2. The number of hydrogen-bond donors (Lipinski definition) is 0. The Kier molecular flexibility index (Phi) is 4.05. The van der Waals surface area contributed by atoms with E-state index < -0.39 is 0 Å². The number of likely N-dealkylation sites (tertiary alicyclic amines) is 1. The van der Waals surface area contributed by atoms with Gasteiger partial charge >= 0.3 is 0 Å². The first-order valence-electron chi connectivity index (χ1n) is 8.95. The first kappa shape index (κ1) is 16.3. The average molecular weight is 308 g/mol. The van der Waals surface area contributed by atoms with Gasteiger partial charge in [-0.2, -0.15) is 5.06 Å². The maximum Gasteiger partial charge on any atom is 0.223 e. The minimum Gasteiger partial charge on any atom is -0.340 e. The van der Waals surface area contributed by atoms with E-state index in [0.717, 1.165) is 6.42 Å². The normalized spacial score (nSPS) is 38.1. The van der Waals surface area contributed by atoms with Gasteiger partial charge in [0, 0.05) is 24.5 Å². The van der Waals surface area contributed by atoms with E-state index in [2.05, 4.69) is 32.8 Å². The molecule has 4 nitrogen and oxygen atoms in total. The number of carbonyl (C=O) groups excluding carboxylic acids is 1. The zero-order valence-corrected chi connectivity index (χ0v) is 14.9. The van der Waals surface area contributed by atoms with Crippen molar-refractivity contribution in [2.45, 2.75) is 95.9 Å². The summed E-state index contributed by atoms with van der Waals surface area (Å²) in [5.41, 5.74) is 0.131. The number of piperidine rings is 1. The van der Waals surface area contributed by atoms with Crippen LogP contribution in [0.5, 0.6) is 0 Å². The van der Waals surface area contributed by atoms with E-state index >= 15 is 0 Å². The summed E-state index contributed by atoms with van der Waals surface area (Å²) in [6.07, 6.45) is 7.91. The van der Waals surface area contributed by atoms with Crippen LogP contribution >= 0.6 is 0 Å². The quantitative estimate of drug-likeness (QED) is 0.784. The number of nitrogens with zero attached hydrogens (tertiary/aromatic N) is 2. The Labute approximate surface area is 135 Å². The van der Waals surface area contributed by atoms with Crippen molar-refractivity contribution in [2.75, 3.05) is 7.05 Å². The molecular formula is C18H32N2O2. The number of carbonyl (C=O) groups is 1. The zero-order valence-electron chi connectivity index (χ0n) is 14.9. The third-order valence-electron chi connectivity index (χ3n) is 6.12. The lowest BCUT2D eigenvalue weighted by Gasteiger charge is -2.53. The van der Waals surface area contributed by atoms with Gasteiger partial charge in [0.25, 0.3) is 0 Å². The maximum atomic E-state index is 12.1. The summed E-state index contributed by atoms with van der Waals surface area (Å²) in [6, 6.07) is 0.273. The monoisotopic (exact) mass is 308 g/mol. The zero-order chi connectivity index (χ0) is 16.1. The molecule has 0 radical (unpaired) electrons. The lowest BCUT2D eigenvalue weighted by atomic mass is 9.81. The van der Waals surface area contributed by atoms with E-state index in [0.29, 0.717) is 18.2 Å². The molecule has 2 saturated heterocycles.